The van der Waals surface area contributed by atoms with Crippen LogP contribution in [0.15, 0.2) is 96.5 Å². The zero-order valence-corrected chi connectivity index (χ0v) is 26.9. The van der Waals surface area contributed by atoms with Crippen molar-refractivity contribution in [2.24, 2.45) is 0 Å². The number of rotatable bonds is 16. The third-order valence-corrected chi connectivity index (χ3v) is 7.62. The van der Waals surface area contributed by atoms with Crippen molar-refractivity contribution in [1.82, 2.24) is 15.2 Å². The average molecular weight is 706 g/mol. The number of hydrogen-bond acceptors (Lipinski definition) is 9. The van der Waals surface area contributed by atoms with Crippen LogP contribution in [-0.4, -0.2) is 37.9 Å². The molecule has 0 spiro atoms. The molecular formula is C34H33F6N5O5. The summed E-state index contributed by atoms with van der Waals surface area (Å²) in [4.78, 5) is 14.7. The van der Waals surface area contributed by atoms with E-state index in [1.807, 2.05) is 0 Å². The molecule has 50 heavy (non-hydrogen) atoms. The summed E-state index contributed by atoms with van der Waals surface area (Å²) in [7, 11) is 0. The van der Waals surface area contributed by atoms with Gasteiger partial charge in [-0.15, -0.1) is 23.4 Å². The zero-order valence-electron chi connectivity index (χ0n) is 26.9. The SMILES string of the molecule is C=CCC(OCc1ccccc1)C(C)(C)Nc1nc(-c2nnc([C@@](CC=C)(OCc3ccccc3)C(F)(F)F)o2)c([N+](=O)[O-])cc1C(F)(F)F. The van der Waals surface area contributed by atoms with E-state index in [0.717, 1.165) is 11.6 Å². The normalized spacial score (nSPS) is 14.1. The lowest BCUT2D eigenvalue weighted by Gasteiger charge is -2.36. The van der Waals surface area contributed by atoms with Gasteiger partial charge in [0.15, 0.2) is 0 Å². The molecule has 4 aromatic rings. The first kappa shape index (κ1) is 37.7. The van der Waals surface area contributed by atoms with E-state index in [2.05, 4.69) is 33.7 Å². The Hall–Kier alpha value is -5.09. The number of hydrogen-bond donors (Lipinski definition) is 1. The summed E-state index contributed by atoms with van der Waals surface area (Å²) in [6.45, 7) is 9.65. The van der Waals surface area contributed by atoms with Crippen LogP contribution in [-0.2, 0) is 34.5 Å². The molecule has 0 aliphatic heterocycles. The van der Waals surface area contributed by atoms with E-state index >= 15 is 0 Å². The molecule has 0 bridgehead atoms. The number of nitrogens with one attached hydrogen (secondary N) is 1. The van der Waals surface area contributed by atoms with Crippen molar-refractivity contribution in [3.63, 3.8) is 0 Å². The number of nitrogens with zero attached hydrogens (tertiary/aromatic N) is 4. The summed E-state index contributed by atoms with van der Waals surface area (Å²) >= 11 is 0. The second kappa shape index (κ2) is 15.2. The van der Waals surface area contributed by atoms with Gasteiger partial charge in [-0.1, -0.05) is 72.8 Å². The number of anilines is 1. The zero-order chi connectivity index (χ0) is 36.7. The number of nitro groups is 1. The van der Waals surface area contributed by atoms with Crippen LogP contribution in [0.3, 0.4) is 0 Å². The maximum Gasteiger partial charge on any atom is 0.426 e. The molecule has 4 rings (SSSR count). The first-order chi connectivity index (χ1) is 23.5. The second-order valence-corrected chi connectivity index (χ2v) is 11.7. The fourth-order valence-corrected chi connectivity index (χ4v) is 4.98. The third-order valence-electron chi connectivity index (χ3n) is 7.62. The first-order valence-corrected chi connectivity index (χ1v) is 15.0. The van der Waals surface area contributed by atoms with E-state index in [1.165, 1.54) is 32.1 Å². The van der Waals surface area contributed by atoms with Crippen LogP contribution in [0.25, 0.3) is 11.6 Å². The summed E-state index contributed by atoms with van der Waals surface area (Å²) < 4.78 is 104. The van der Waals surface area contributed by atoms with Crippen LogP contribution in [0.5, 0.6) is 0 Å². The van der Waals surface area contributed by atoms with Crippen LogP contribution in [0.4, 0.5) is 37.8 Å². The number of aromatic nitrogens is 3. The molecule has 2 aromatic carbocycles. The average Bonchev–Trinajstić information content (AvgIpc) is 3.55. The molecule has 2 heterocycles. The topological polar surface area (TPSA) is 125 Å². The number of benzene rings is 2. The minimum Gasteiger partial charge on any atom is -0.415 e. The summed E-state index contributed by atoms with van der Waals surface area (Å²) in [5.41, 5.74) is -7.13. The Bertz CT molecular complexity index is 1780. The highest BCUT2D eigenvalue weighted by molar-refractivity contribution is 5.68. The molecule has 10 nitrogen and oxygen atoms in total. The lowest BCUT2D eigenvalue weighted by molar-refractivity contribution is -0.384. The highest BCUT2D eigenvalue weighted by Crippen LogP contribution is 2.47. The molecule has 2 atom stereocenters. The van der Waals surface area contributed by atoms with E-state index in [0.29, 0.717) is 5.56 Å². The van der Waals surface area contributed by atoms with Gasteiger partial charge in [-0.3, -0.25) is 10.1 Å². The third kappa shape index (κ3) is 8.55. The van der Waals surface area contributed by atoms with Gasteiger partial charge < -0.3 is 19.2 Å². The molecule has 0 saturated heterocycles. The summed E-state index contributed by atoms with van der Waals surface area (Å²) in [6, 6.07) is 17.0. The van der Waals surface area contributed by atoms with Crippen LogP contribution in [0.1, 0.15) is 49.3 Å². The van der Waals surface area contributed by atoms with Crippen molar-refractivity contribution < 1.29 is 45.2 Å². The van der Waals surface area contributed by atoms with Gasteiger partial charge in [0.1, 0.15) is 11.4 Å². The van der Waals surface area contributed by atoms with E-state index in [1.54, 1.807) is 48.5 Å². The number of ether oxygens (including phenoxy) is 2. The van der Waals surface area contributed by atoms with Crippen molar-refractivity contribution in [3.05, 3.63) is 125 Å². The van der Waals surface area contributed by atoms with Crippen molar-refractivity contribution >= 4 is 11.5 Å². The predicted molar refractivity (Wildman–Crippen MR) is 170 cm³/mol. The highest BCUT2D eigenvalue weighted by atomic mass is 19.4. The lowest BCUT2D eigenvalue weighted by atomic mass is 9.93. The monoisotopic (exact) mass is 705 g/mol. The molecule has 266 valence electrons. The molecule has 0 fully saturated rings. The Morgan fingerprint density at radius 3 is 2.06 bits per heavy atom. The van der Waals surface area contributed by atoms with Crippen molar-refractivity contribution in [1.29, 1.82) is 0 Å². The van der Waals surface area contributed by atoms with Gasteiger partial charge in [0, 0.05) is 12.5 Å². The second-order valence-electron chi connectivity index (χ2n) is 11.7. The van der Waals surface area contributed by atoms with Gasteiger partial charge in [-0.25, -0.2) is 4.98 Å². The van der Waals surface area contributed by atoms with Gasteiger partial charge in [0.05, 0.1) is 29.8 Å². The Morgan fingerprint density at radius 1 is 0.940 bits per heavy atom. The molecule has 0 aliphatic rings. The van der Waals surface area contributed by atoms with Crippen LogP contribution < -0.4 is 5.32 Å². The summed E-state index contributed by atoms with van der Waals surface area (Å²) in [6.07, 6.45) is -9.47. The van der Waals surface area contributed by atoms with Gasteiger partial charge in [0.2, 0.25) is 11.3 Å². The standard InChI is InChI=1S/C34H33F6N5O5/c1-5-13-26(48-20-22-14-9-7-10-15-22)31(3,4)42-28-24(33(35,36)37)19-25(45(46)47)27(41-28)29-43-44-30(50-29)32(18-6-2,34(38,39)40)49-21-23-16-11-8-12-17-23/h5-12,14-17,19,26H,1-2,13,18,20-21H2,3-4H3,(H,41,42)/t26?,32-/m1/s1. The van der Waals surface area contributed by atoms with Crippen LogP contribution in [0, 0.1) is 10.1 Å². The molecule has 0 saturated carbocycles. The van der Waals surface area contributed by atoms with Gasteiger partial charge in [-0.2, -0.15) is 26.3 Å². The number of halogens is 6. The van der Waals surface area contributed by atoms with E-state index in [4.69, 9.17) is 13.9 Å². The van der Waals surface area contributed by atoms with E-state index in [-0.39, 0.29) is 19.1 Å². The maximum atomic E-state index is 14.7. The molecule has 0 radical (unpaired) electrons. The molecule has 0 aliphatic carbocycles. The smallest absolute Gasteiger partial charge is 0.415 e. The van der Waals surface area contributed by atoms with Crippen molar-refractivity contribution in [2.45, 2.75) is 69.5 Å². The van der Waals surface area contributed by atoms with Gasteiger partial charge in [-0.05, 0) is 31.4 Å². The Morgan fingerprint density at radius 2 is 1.54 bits per heavy atom. The number of alkyl halides is 6. The Kier molecular flexibility index (Phi) is 11.5. The Labute approximate surface area is 283 Å². The minimum atomic E-state index is -5.18. The molecule has 1 unspecified atom stereocenters. The van der Waals surface area contributed by atoms with Gasteiger partial charge in [0.25, 0.3) is 11.8 Å². The van der Waals surface area contributed by atoms with Crippen LogP contribution in [0.2, 0.25) is 0 Å². The van der Waals surface area contributed by atoms with Crippen molar-refractivity contribution in [3.8, 4) is 11.6 Å². The fraction of sp³-hybridized carbons (Fsp3) is 0.324. The molecular weight excluding hydrogens is 672 g/mol. The molecule has 1 N–H and O–H groups in total. The largest absolute Gasteiger partial charge is 0.426 e. The van der Waals surface area contributed by atoms with E-state index in [9.17, 15) is 36.5 Å². The summed E-state index contributed by atoms with van der Waals surface area (Å²) in [5.74, 6) is -3.01. The molecule has 16 heteroatoms. The summed E-state index contributed by atoms with van der Waals surface area (Å²) in [5, 5.41) is 21.8. The minimum absolute atomic E-state index is 0.0955. The van der Waals surface area contributed by atoms with E-state index < -0.39 is 82.1 Å². The molecule has 0 amide bonds. The quantitative estimate of drug-likeness (QED) is 0.0526. The molecule has 2 aromatic heterocycles. The number of pyridine rings is 1. The predicted octanol–water partition coefficient (Wildman–Crippen LogP) is 8.96. The lowest BCUT2D eigenvalue weighted by Crippen LogP contribution is -2.45. The first-order valence-electron chi connectivity index (χ1n) is 15.0. The van der Waals surface area contributed by atoms with Crippen LogP contribution >= 0.6 is 0 Å². The maximum absolute atomic E-state index is 14.7. The van der Waals surface area contributed by atoms with Crippen molar-refractivity contribution in [2.75, 3.05) is 5.32 Å². The highest BCUT2D eigenvalue weighted by Gasteiger charge is 2.61. The van der Waals surface area contributed by atoms with Gasteiger partial charge >= 0.3 is 18.0 Å². The Balaban J connectivity index is 1.80. The fourth-order valence-electron chi connectivity index (χ4n) is 4.98.